The van der Waals surface area contributed by atoms with Gasteiger partial charge in [-0.1, -0.05) is 0 Å². The summed E-state index contributed by atoms with van der Waals surface area (Å²) in [5.74, 6) is -0.351. The van der Waals surface area contributed by atoms with Crippen molar-refractivity contribution in [1.29, 1.82) is 0 Å². The lowest BCUT2D eigenvalue weighted by Gasteiger charge is -2.03. The van der Waals surface area contributed by atoms with Gasteiger partial charge in [0.2, 0.25) is 0 Å². The molecule has 0 rings (SSSR count). The van der Waals surface area contributed by atoms with Gasteiger partial charge in [-0.25, -0.2) is 4.79 Å². The highest BCUT2D eigenvalue weighted by atomic mass is 16.5. The molecule has 0 aromatic carbocycles. The van der Waals surface area contributed by atoms with Gasteiger partial charge in [-0.2, -0.15) is 0 Å². The first-order valence-corrected chi connectivity index (χ1v) is 5.36. The quantitative estimate of drug-likeness (QED) is 0.341. The number of hydrogen-bond acceptors (Lipinski definition) is 5. The molecule has 1 N–H and O–H groups in total. The molecule has 0 aliphatic heterocycles. The standard InChI is InChI=1S/C11H21NO4/c1-14-9-10-16-8-4-3-6-12-7-5-11(13)15-2/h5,7,12H,3-4,6,8-10H2,1-2H3/b7-5+. The van der Waals surface area contributed by atoms with Crippen LogP contribution in [0.5, 0.6) is 0 Å². The van der Waals surface area contributed by atoms with Crippen LogP contribution in [0.2, 0.25) is 0 Å². The lowest BCUT2D eigenvalue weighted by molar-refractivity contribution is -0.134. The first-order chi connectivity index (χ1) is 7.81. The molecule has 5 heteroatoms. The normalized spacial score (nSPS) is 10.6. The molecule has 0 saturated carbocycles. The minimum Gasteiger partial charge on any atom is -0.466 e. The molecule has 0 fully saturated rings. The van der Waals surface area contributed by atoms with Gasteiger partial charge >= 0.3 is 5.97 Å². The summed E-state index contributed by atoms with van der Waals surface area (Å²) in [6.07, 6.45) is 4.94. The fourth-order valence-electron chi connectivity index (χ4n) is 0.954. The molecular formula is C11H21NO4. The highest BCUT2D eigenvalue weighted by Gasteiger charge is 1.90. The van der Waals surface area contributed by atoms with Crippen molar-refractivity contribution in [1.82, 2.24) is 5.32 Å². The Labute approximate surface area is 96.8 Å². The molecule has 94 valence electrons. The number of carbonyl (C=O) groups is 1. The fraction of sp³-hybridized carbons (Fsp3) is 0.727. The van der Waals surface area contributed by atoms with E-state index in [2.05, 4.69) is 10.1 Å². The first kappa shape index (κ1) is 14.9. The Morgan fingerprint density at radius 1 is 1.19 bits per heavy atom. The van der Waals surface area contributed by atoms with Crippen LogP contribution in [0.25, 0.3) is 0 Å². The number of carbonyl (C=O) groups excluding carboxylic acids is 1. The second-order valence-electron chi connectivity index (χ2n) is 3.12. The Hall–Kier alpha value is -1.07. The van der Waals surface area contributed by atoms with Crippen LogP contribution in [0.3, 0.4) is 0 Å². The number of nitrogens with one attached hydrogen (secondary N) is 1. The van der Waals surface area contributed by atoms with E-state index in [-0.39, 0.29) is 5.97 Å². The zero-order valence-corrected chi connectivity index (χ0v) is 10.0. The third-order valence-corrected chi connectivity index (χ3v) is 1.83. The van der Waals surface area contributed by atoms with Crippen LogP contribution in [-0.2, 0) is 19.0 Å². The summed E-state index contributed by atoms with van der Waals surface area (Å²) in [6, 6.07) is 0. The van der Waals surface area contributed by atoms with Crippen molar-refractivity contribution in [3.8, 4) is 0 Å². The van der Waals surface area contributed by atoms with Gasteiger partial charge in [0, 0.05) is 32.5 Å². The highest BCUT2D eigenvalue weighted by Crippen LogP contribution is 1.88. The number of ether oxygens (including phenoxy) is 3. The van der Waals surface area contributed by atoms with E-state index in [9.17, 15) is 4.79 Å². The summed E-state index contributed by atoms with van der Waals surface area (Å²) in [5.41, 5.74) is 0. The molecule has 0 amide bonds. The average Bonchev–Trinajstić information content (AvgIpc) is 2.31. The van der Waals surface area contributed by atoms with Crippen molar-refractivity contribution in [2.75, 3.05) is 40.6 Å². The second kappa shape index (κ2) is 12.0. The Morgan fingerprint density at radius 3 is 2.69 bits per heavy atom. The van der Waals surface area contributed by atoms with E-state index in [1.807, 2.05) is 0 Å². The largest absolute Gasteiger partial charge is 0.466 e. The minimum absolute atomic E-state index is 0.351. The number of rotatable bonds is 10. The van der Waals surface area contributed by atoms with Crippen molar-refractivity contribution < 1.29 is 19.0 Å². The maximum atomic E-state index is 10.7. The predicted molar refractivity (Wildman–Crippen MR) is 61.1 cm³/mol. The van der Waals surface area contributed by atoms with Crippen LogP contribution in [0.1, 0.15) is 12.8 Å². The Kier molecular flexibility index (Phi) is 11.2. The van der Waals surface area contributed by atoms with Crippen LogP contribution in [-0.4, -0.2) is 46.6 Å². The summed E-state index contributed by atoms with van der Waals surface area (Å²) in [5, 5.41) is 2.99. The van der Waals surface area contributed by atoms with E-state index in [0.717, 1.165) is 26.0 Å². The maximum Gasteiger partial charge on any atom is 0.331 e. The first-order valence-electron chi connectivity index (χ1n) is 5.36. The minimum atomic E-state index is -0.351. The molecule has 0 atom stereocenters. The van der Waals surface area contributed by atoms with E-state index in [1.165, 1.54) is 13.2 Å². The van der Waals surface area contributed by atoms with Crippen molar-refractivity contribution in [3.63, 3.8) is 0 Å². The SMILES string of the molecule is COCCOCCCCN/C=C/C(=O)OC. The Balaban J connectivity index is 3.09. The van der Waals surface area contributed by atoms with Gasteiger partial charge in [0.25, 0.3) is 0 Å². The lowest BCUT2D eigenvalue weighted by atomic mass is 10.3. The molecule has 0 aromatic heterocycles. The molecule has 0 aliphatic carbocycles. The molecule has 0 aromatic rings. The van der Waals surface area contributed by atoms with Crippen LogP contribution in [0.4, 0.5) is 0 Å². The van der Waals surface area contributed by atoms with Gasteiger partial charge in [0.1, 0.15) is 0 Å². The van der Waals surface area contributed by atoms with Crippen LogP contribution in [0.15, 0.2) is 12.3 Å². The molecular weight excluding hydrogens is 210 g/mol. The number of esters is 1. The number of hydrogen-bond donors (Lipinski definition) is 1. The van der Waals surface area contributed by atoms with E-state index in [0.29, 0.717) is 13.2 Å². The zero-order valence-electron chi connectivity index (χ0n) is 10.0. The summed E-state index contributed by atoms with van der Waals surface area (Å²) in [4.78, 5) is 10.7. The molecule has 0 radical (unpaired) electrons. The van der Waals surface area contributed by atoms with E-state index in [4.69, 9.17) is 9.47 Å². The van der Waals surface area contributed by atoms with Gasteiger partial charge in [0.05, 0.1) is 20.3 Å². The van der Waals surface area contributed by atoms with Crippen molar-refractivity contribution in [2.24, 2.45) is 0 Å². The fourth-order valence-corrected chi connectivity index (χ4v) is 0.954. The topological polar surface area (TPSA) is 56.8 Å². The van der Waals surface area contributed by atoms with Crippen LogP contribution >= 0.6 is 0 Å². The molecule has 0 spiro atoms. The Bertz CT molecular complexity index is 194. The molecule has 0 aliphatic rings. The highest BCUT2D eigenvalue weighted by molar-refractivity contribution is 5.81. The summed E-state index contributed by atoms with van der Waals surface area (Å²) < 4.78 is 14.6. The monoisotopic (exact) mass is 231 g/mol. The van der Waals surface area contributed by atoms with Crippen molar-refractivity contribution in [2.45, 2.75) is 12.8 Å². The van der Waals surface area contributed by atoms with Gasteiger partial charge in [0.15, 0.2) is 0 Å². The average molecular weight is 231 g/mol. The van der Waals surface area contributed by atoms with E-state index < -0.39 is 0 Å². The zero-order chi connectivity index (χ0) is 12.1. The third kappa shape index (κ3) is 11.0. The molecule has 0 unspecified atom stereocenters. The number of methoxy groups -OCH3 is 2. The third-order valence-electron chi connectivity index (χ3n) is 1.83. The van der Waals surface area contributed by atoms with Gasteiger partial charge in [-0.15, -0.1) is 0 Å². The van der Waals surface area contributed by atoms with Gasteiger partial charge in [-0.05, 0) is 12.8 Å². The van der Waals surface area contributed by atoms with Crippen LogP contribution in [0, 0.1) is 0 Å². The molecule has 16 heavy (non-hydrogen) atoms. The molecule has 0 bridgehead atoms. The van der Waals surface area contributed by atoms with E-state index in [1.54, 1.807) is 13.3 Å². The van der Waals surface area contributed by atoms with Crippen LogP contribution < -0.4 is 5.32 Å². The van der Waals surface area contributed by atoms with Gasteiger partial charge < -0.3 is 19.5 Å². The molecule has 5 nitrogen and oxygen atoms in total. The summed E-state index contributed by atoms with van der Waals surface area (Å²) >= 11 is 0. The Morgan fingerprint density at radius 2 is 2.00 bits per heavy atom. The van der Waals surface area contributed by atoms with Crippen molar-refractivity contribution >= 4 is 5.97 Å². The smallest absolute Gasteiger partial charge is 0.331 e. The molecule has 0 heterocycles. The summed E-state index contributed by atoms with van der Waals surface area (Å²) in [7, 11) is 3.00. The van der Waals surface area contributed by atoms with E-state index >= 15 is 0 Å². The van der Waals surface area contributed by atoms with Crippen molar-refractivity contribution in [3.05, 3.63) is 12.3 Å². The lowest BCUT2D eigenvalue weighted by Crippen LogP contribution is -2.10. The summed E-state index contributed by atoms with van der Waals surface area (Å²) in [6.45, 7) is 2.85. The number of unbranched alkanes of at least 4 members (excludes halogenated alkanes) is 1. The maximum absolute atomic E-state index is 10.7. The predicted octanol–water partition coefficient (Wildman–Crippen LogP) is 0.706. The van der Waals surface area contributed by atoms with Gasteiger partial charge in [-0.3, -0.25) is 0 Å². The molecule has 0 saturated heterocycles. The second-order valence-corrected chi connectivity index (χ2v) is 3.12.